The Balaban J connectivity index is 2.42. The molecule has 0 N–H and O–H groups in total. The van der Waals surface area contributed by atoms with Crippen LogP contribution in [0.25, 0.3) is 0 Å². The van der Waals surface area contributed by atoms with E-state index >= 15 is 0 Å². The van der Waals surface area contributed by atoms with Crippen LogP contribution >= 0.6 is 22.6 Å². The van der Waals surface area contributed by atoms with E-state index in [9.17, 15) is 0 Å². The molecule has 52 valence electrons. The Kier molecular flexibility index (Phi) is 2.98. The smallest absolute Gasteiger partial charge is 0.0170 e. The van der Waals surface area contributed by atoms with Crippen molar-refractivity contribution in [1.29, 1.82) is 0 Å². The summed E-state index contributed by atoms with van der Waals surface area (Å²) in [5, 5.41) is 0. The molecule has 0 aliphatic carbocycles. The highest BCUT2D eigenvalue weighted by molar-refractivity contribution is 14.1. The second-order valence-corrected chi connectivity index (χ2v) is 3.90. The molecule has 0 spiro atoms. The Labute approximate surface area is 70.3 Å². The van der Waals surface area contributed by atoms with Crippen LogP contribution < -0.4 is 0 Å². The van der Waals surface area contributed by atoms with Gasteiger partial charge in [0.1, 0.15) is 0 Å². The Hall–Kier alpha value is 0.430. The van der Waals surface area contributed by atoms with E-state index < -0.39 is 0 Å². The lowest BCUT2D eigenvalue weighted by Crippen LogP contribution is -2.17. The highest BCUT2D eigenvalue weighted by Gasteiger charge is 2.01. The van der Waals surface area contributed by atoms with E-state index in [1.807, 2.05) is 0 Å². The second kappa shape index (κ2) is 3.56. The van der Waals surface area contributed by atoms with E-state index in [1.165, 1.54) is 23.0 Å². The van der Waals surface area contributed by atoms with E-state index in [4.69, 9.17) is 0 Å². The standard InChI is InChI=1S/C7H12IN/c1-9-5-2-3-7(8)4-6-9/h4H,2-3,5-6H2,1H3. The number of rotatable bonds is 0. The molecule has 1 heterocycles. The third-order valence-corrected chi connectivity index (χ3v) is 2.56. The van der Waals surface area contributed by atoms with E-state index in [2.05, 4.69) is 40.6 Å². The van der Waals surface area contributed by atoms with Crippen LogP contribution in [0.1, 0.15) is 12.8 Å². The molecule has 0 saturated heterocycles. The lowest BCUT2D eigenvalue weighted by molar-refractivity contribution is 0.372. The van der Waals surface area contributed by atoms with Gasteiger partial charge in [0.25, 0.3) is 0 Å². The largest absolute Gasteiger partial charge is 0.303 e. The number of likely N-dealkylation sites (N-methyl/N-ethyl adjacent to an activating group) is 1. The fourth-order valence-electron chi connectivity index (χ4n) is 0.966. The van der Waals surface area contributed by atoms with Gasteiger partial charge in [0, 0.05) is 6.54 Å². The monoisotopic (exact) mass is 237 g/mol. The van der Waals surface area contributed by atoms with Gasteiger partial charge in [-0.2, -0.15) is 0 Å². The van der Waals surface area contributed by atoms with Gasteiger partial charge in [-0.3, -0.25) is 0 Å². The van der Waals surface area contributed by atoms with Crippen molar-refractivity contribution in [3.05, 3.63) is 9.66 Å². The van der Waals surface area contributed by atoms with Crippen LogP contribution in [0.4, 0.5) is 0 Å². The molecule has 0 unspecified atom stereocenters. The predicted octanol–water partition coefficient (Wildman–Crippen LogP) is 2.03. The zero-order chi connectivity index (χ0) is 6.69. The van der Waals surface area contributed by atoms with Crippen molar-refractivity contribution in [2.24, 2.45) is 0 Å². The average molecular weight is 237 g/mol. The van der Waals surface area contributed by atoms with Gasteiger partial charge in [-0.05, 0) is 52.6 Å². The summed E-state index contributed by atoms with van der Waals surface area (Å²) in [7, 11) is 2.17. The number of hydrogen-bond donors (Lipinski definition) is 0. The fourth-order valence-corrected chi connectivity index (χ4v) is 1.54. The molecular formula is C7H12IN. The number of allylic oxidation sites excluding steroid dienone is 1. The van der Waals surface area contributed by atoms with Gasteiger partial charge >= 0.3 is 0 Å². The molecule has 1 aliphatic rings. The Morgan fingerprint density at radius 3 is 3.22 bits per heavy atom. The summed E-state index contributed by atoms with van der Waals surface area (Å²) >= 11 is 2.43. The minimum atomic E-state index is 1.14. The van der Waals surface area contributed by atoms with Crippen molar-refractivity contribution >= 4 is 22.6 Å². The van der Waals surface area contributed by atoms with E-state index in [0.29, 0.717) is 0 Å². The zero-order valence-corrected chi connectivity index (χ0v) is 7.89. The molecule has 9 heavy (non-hydrogen) atoms. The van der Waals surface area contributed by atoms with Crippen LogP contribution in [0.5, 0.6) is 0 Å². The van der Waals surface area contributed by atoms with Crippen molar-refractivity contribution in [3.8, 4) is 0 Å². The number of nitrogens with zero attached hydrogens (tertiary/aromatic N) is 1. The van der Waals surface area contributed by atoms with Gasteiger partial charge in [0.05, 0.1) is 0 Å². The van der Waals surface area contributed by atoms with Crippen molar-refractivity contribution < 1.29 is 0 Å². The van der Waals surface area contributed by atoms with Gasteiger partial charge in [0.2, 0.25) is 0 Å². The molecule has 0 bridgehead atoms. The summed E-state index contributed by atoms with van der Waals surface area (Å²) in [5.41, 5.74) is 0. The molecule has 0 atom stereocenters. The van der Waals surface area contributed by atoms with Crippen molar-refractivity contribution in [2.75, 3.05) is 20.1 Å². The fraction of sp³-hybridized carbons (Fsp3) is 0.714. The van der Waals surface area contributed by atoms with Gasteiger partial charge in [-0.25, -0.2) is 0 Å². The maximum Gasteiger partial charge on any atom is 0.0170 e. The molecule has 0 aromatic carbocycles. The van der Waals surface area contributed by atoms with Crippen LogP contribution in [0.15, 0.2) is 9.66 Å². The summed E-state index contributed by atoms with van der Waals surface area (Å²) in [6, 6.07) is 0. The molecule has 0 amide bonds. The summed E-state index contributed by atoms with van der Waals surface area (Å²) in [6.07, 6.45) is 4.92. The first kappa shape index (κ1) is 7.54. The number of hydrogen-bond acceptors (Lipinski definition) is 1. The Morgan fingerprint density at radius 2 is 2.44 bits per heavy atom. The molecule has 0 radical (unpaired) electrons. The van der Waals surface area contributed by atoms with Crippen LogP contribution in [0.2, 0.25) is 0 Å². The molecular weight excluding hydrogens is 225 g/mol. The van der Waals surface area contributed by atoms with Crippen molar-refractivity contribution in [3.63, 3.8) is 0 Å². The first-order valence-electron chi connectivity index (χ1n) is 3.32. The first-order chi connectivity index (χ1) is 4.29. The molecule has 1 nitrogen and oxygen atoms in total. The molecule has 0 fully saturated rings. The van der Waals surface area contributed by atoms with E-state index in [0.717, 1.165) is 6.54 Å². The van der Waals surface area contributed by atoms with E-state index in [1.54, 1.807) is 0 Å². The molecule has 0 aromatic rings. The number of halogens is 1. The van der Waals surface area contributed by atoms with E-state index in [-0.39, 0.29) is 0 Å². The maximum atomic E-state index is 2.43. The van der Waals surface area contributed by atoms with Crippen molar-refractivity contribution in [2.45, 2.75) is 12.8 Å². The lowest BCUT2D eigenvalue weighted by Gasteiger charge is -2.09. The topological polar surface area (TPSA) is 3.24 Å². The summed E-state index contributed by atoms with van der Waals surface area (Å²) in [6.45, 7) is 2.39. The highest BCUT2D eigenvalue weighted by Crippen LogP contribution is 2.16. The predicted molar refractivity (Wildman–Crippen MR) is 48.8 cm³/mol. The second-order valence-electron chi connectivity index (χ2n) is 2.52. The highest BCUT2D eigenvalue weighted by atomic mass is 127. The molecule has 1 rings (SSSR count). The zero-order valence-electron chi connectivity index (χ0n) is 5.73. The molecule has 1 aliphatic heterocycles. The summed E-state index contributed by atoms with van der Waals surface area (Å²) < 4.78 is 1.52. The quantitative estimate of drug-likeness (QED) is 0.582. The molecule has 0 saturated carbocycles. The first-order valence-corrected chi connectivity index (χ1v) is 4.40. The Bertz CT molecular complexity index is 120. The third-order valence-electron chi connectivity index (χ3n) is 1.58. The minimum absolute atomic E-state index is 1.14. The lowest BCUT2D eigenvalue weighted by atomic mass is 10.3. The normalized spacial score (nSPS) is 23.1. The Morgan fingerprint density at radius 1 is 1.67 bits per heavy atom. The summed E-state index contributed by atoms with van der Waals surface area (Å²) in [5.74, 6) is 0. The maximum absolute atomic E-state index is 2.43. The molecule has 0 aromatic heterocycles. The van der Waals surface area contributed by atoms with Crippen LogP contribution in [-0.4, -0.2) is 25.0 Å². The SMILES string of the molecule is CN1CC=C(I)CCC1. The van der Waals surface area contributed by atoms with Gasteiger partial charge in [-0.15, -0.1) is 0 Å². The van der Waals surface area contributed by atoms with Gasteiger partial charge < -0.3 is 4.90 Å². The van der Waals surface area contributed by atoms with Crippen LogP contribution in [0.3, 0.4) is 0 Å². The average Bonchev–Trinajstić information content (AvgIpc) is 1.97. The third kappa shape index (κ3) is 2.67. The van der Waals surface area contributed by atoms with Gasteiger partial charge in [-0.1, -0.05) is 6.08 Å². The molecule has 2 heteroatoms. The van der Waals surface area contributed by atoms with Crippen LogP contribution in [-0.2, 0) is 0 Å². The van der Waals surface area contributed by atoms with Gasteiger partial charge in [0.15, 0.2) is 0 Å². The van der Waals surface area contributed by atoms with Crippen LogP contribution in [0, 0.1) is 0 Å². The van der Waals surface area contributed by atoms with Crippen molar-refractivity contribution in [1.82, 2.24) is 4.90 Å². The summed E-state index contributed by atoms with van der Waals surface area (Å²) in [4.78, 5) is 2.35. The minimum Gasteiger partial charge on any atom is -0.303 e.